The van der Waals surface area contributed by atoms with E-state index < -0.39 is 0 Å². The maximum atomic E-state index is 5.88. The molecule has 0 spiro atoms. The third-order valence-corrected chi connectivity index (χ3v) is 3.05. The normalized spacial score (nSPS) is 12.6. The molecule has 0 saturated carbocycles. The van der Waals surface area contributed by atoms with Gasteiger partial charge in [0.15, 0.2) is 0 Å². The van der Waals surface area contributed by atoms with Gasteiger partial charge in [0, 0.05) is 29.8 Å². The predicted octanol–water partition coefficient (Wildman–Crippen LogP) is 3.19. The zero-order valence-corrected chi connectivity index (χ0v) is 11.9. The van der Waals surface area contributed by atoms with Crippen LogP contribution in [0.4, 0.5) is 5.69 Å². The fraction of sp³-hybridized carbons (Fsp3) is 0.538. The van der Waals surface area contributed by atoms with Gasteiger partial charge < -0.3 is 10.6 Å². The fourth-order valence-corrected chi connectivity index (χ4v) is 2.30. The van der Waals surface area contributed by atoms with E-state index in [0.717, 1.165) is 23.9 Å². The summed E-state index contributed by atoms with van der Waals surface area (Å²) in [5, 5.41) is 0. The highest BCUT2D eigenvalue weighted by molar-refractivity contribution is 9.10. The van der Waals surface area contributed by atoms with Crippen molar-refractivity contribution in [3.8, 4) is 0 Å². The second kappa shape index (κ2) is 6.26. The van der Waals surface area contributed by atoms with Gasteiger partial charge in [0.1, 0.15) is 0 Å². The number of halogens is 1. The van der Waals surface area contributed by atoms with Gasteiger partial charge >= 0.3 is 0 Å². The quantitative estimate of drug-likeness (QED) is 0.900. The first-order valence-electron chi connectivity index (χ1n) is 5.79. The van der Waals surface area contributed by atoms with Crippen molar-refractivity contribution in [2.24, 2.45) is 5.73 Å². The number of hydrogen-bond acceptors (Lipinski definition) is 2. The summed E-state index contributed by atoms with van der Waals surface area (Å²) in [6.45, 7) is 5.32. The summed E-state index contributed by atoms with van der Waals surface area (Å²) in [5.41, 5.74) is 8.50. The van der Waals surface area contributed by atoms with E-state index in [2.05, 4.69) is 53.0 Å². The molecule has 3 heteroatoms. The molecule has 1 aromatic carbocycles. The van der Waals surface area contributed by atoms with Crippen molar-refractivity contribution in [2.75, 3.05) is 18.5 Å². The van der Waals surface area contributed by atoms with Crippen LogP contribution in [-0.2, 0) is 6.42 Å². The molecule has 0 aliphatic rings. The smallest absolute Gasteiger partial charge is 0.0397 e. The topological polar surface area (TPSA) is 29.3 Å². The van der Waals surface area contributed by atoms with E-state index in [0.29, 0.717) is 0 Å². The summed E-state index contributed by atoms with van der Waals surface area (Å²) in [7, 11) is 2.14. The van der Waals surface area contributed by atoms with Crippen molar-refractivity contribution in [1.82, 2.24) is 0 Å². The van der Waals surface area contributed by atoms with Crippen LogP contribution in [0.2, 0.25) is 0 Å². The van der Waals surface area contributed by atoms with Crippen molar-refractivity contribution in [3.05, 3.63) is 28.2 Å². The second-order valence-corrected chi connectivity index (χ2v) is 5.29. The van der Waals surface area contributed by atoms with Crippen molar-refractivity contribution >= 4 is 21.6 Å². The fourth-order valence-electron chi connectivity index (χ4n) is 1.89. The lowest BCUT2D eigenvalue weighted by Crippen LogP contribution is -2.23. The van der Waals surface area contributed by atoms with Gasteiger partial charge in [-0.25, -0.2) is 0 Å². The Labute approximate surface area is 107 Å². The summed E-state index contributed by atoms with van der Waals surface area (Å²) in [6, 6.07) is 6.62. The molecule has 0 amide bonds. The van der Waals surface area contributed by atoms with Crippen LogP contribution in [0.15, 0.2) is 22.7 Å². The molecule has 16 heavy (non-hydrogen) atoms. The van der Waals surface area contributed by atoms with Crippen LogP contribution >= 0.6 is 15.9 Å². The highest BCUT2D eigenvalue weighted by atomic mass is 79.9. The molecular weight excluding hydrogens is 264 g/mol. The van der Waals surface area contributed by atoms with Gasteiger partial charge in [-0.15, -0.1) is 0 Å². The Morgan fingerprint density at radius 3 is 2.69 bits per heavy atom. The summed E-state index contributed by atoms with van der Waals surface area (Å²) >= 11 is 3.52. The third kappa shape index (κ3) is 3.80. The Balaban J connectivity index is 2.97. The molecule has 0 saturated heterocycles. The summed E-state index contributed by atoms with van der Waals surface area (Å²) in [5.74, 6) is 0. The molecule has 0 heterocycles. The molecule has 0 radical (unpaired) electrons. The minimum atomic E-state index is 0.197. The zero-order chi connectivity index (χ0) is 12.1. The summed E-state index contributed by atoms with van der Waals surface area (Å²) < 4.78 is 1.12. The van der Waals surface area contributed by atoms with Gasteiger partial charge in [0.2, 0.25) is 0 Å². The minimum absolute atomic E-state index is 0.197. The second-order valence-electron chi connectivity index (χ2n) is 4.38. The number of rotatable bonds is 5. The predicted molar refractivity (Wildman–Crippen MR) is 75.1 cm³/mol. The van der Waals surface area contributed by atoms with Gasteiger partial charge in [0.05, 0.1) is 0 Å². The van der Waals surface area contributed by atoms with Gasteiger partial charge in [0.25, 0.3) is 0 Å². The van der Waals surface area contributed by atoms with Crippen LogP contribution in [-0.4, -0.2) is 19.6 Å². The third-order valence-electron chi connectivity index (χ3n) is 2.55. The Bertz CT molecular complexity index is 337. The first kappa shape index (κ1) is 13.5. The Morgan fingerprint density at radius 1 is 1.44 bits per heavy atom. The highest BCUT2D eigenvalue weighted by Gasteiger charge is 2.09. The molecule has 2 N–H and O–H groups in total. The molecule has 0 aromatic heterocycles. The largest absolute Gasteiger partial charge is 0.374 e. The van der Waals surface area contributed by atoms with Gasteiger partial charge in [-0.1, -0.05) is 22.9 Å². The lowest BCUT2D eigenvalue weighted by Gasteiger charge is -2.23. The first-order chi connectivity index (χ1) is 7.54. The highest BCUT2D eigenvalue weighted by Crippen LogP contribution is 2.25. The van der Waals surface area contributed by atoms with E-state index in [1.54, 1.807) is 0 Å². The van der Waals surface area contributed by atoms with Crippen LogP contribution in [0.25, 0.3) is 0 Å². The van der Waals surface area contributed by atoms with Crippen molar-refractivity contribution in [3.63, 3.8) is 0 Å². The maximum Gasteiger partial charge on any atom is 0.0397 e. The Hall–Kier alpha value is -0.540. The maximum absolute atomic E-state index is 5.88. The first-order valence-corrected chi connectivity index (χ1v) is 6.59. The molecule has 0 aliphatic carbocycles. The van der Waals surface area contributed by atoms with Gasteiger partial charge in [-0.2, -0.15) is 0 Å². The standard InChI is InChI=1S/C13H21BrN2/c1-4-7-16(3)13-6-5-12(14)9-11(13)8-10(2)15/h5-6,9-10H,4,7-8,15H2,1-3H3. The number of anilines is 1. The van der Waals surface area contributed by atoms with E-state index in [-0.39, 0.29) is 6.04 Å². The molecular formula is C13H21BrN2. The Kier molecular flexibility index (Phi) is 5.29. The lowest BCUT2D eigenvalue weighted by atomic mass is 10.0. The van der Waals surface area contributed by atoms with Crippen LogP contribution < -0.4 is 10.6 Å². The molecule has 1 aromatic rings. The van der Waals surface area contributed by atoms with Crippen molar-refractivity contribution in [2.45, 2.75) is 32.7 Å². The number of nitrogens with zero attached hydrogens (tertiary/aromatic N) is 1. The Morgan fingerprint density at radius 2 is 2.12 bits per heavy atom. The molecule has 0 bridgehead atoms. The molecule has 0 aliphatic heterocycles. The summed E-state index contributed by atoms with van der Waals surface area (Å²) in [4.78, 5) is 2.30. The number of nitrogens with two attached hydrogens (primary N) is 1. The van der Waals surface area contributed by atoms with Crippen LogP contribution in [0, 0.1) is 0 Å². The molecule has 1 unspecified atom stereocenters. The summed E-state index contributed by atoms with van der Waals surface area (Å²) in [6.07, 6.45) is 2.08. The van der Waals surface area contributed by atoms with Crippen LogP contribution in [0.3, 0.4) is 0 Å². The molecule has 1 atom stereocenters. The van der Waals surface area contributed by atoms with Gasteiger partial charge in [-0.05, 0) is 43.5 Å². The molecule has 0 fully saturated rings. The van der Waals surface area contributed by atoms with Crippen molar-refractivity contribution in [1.29, 1.82) is 0 Å². The lowest BCUT2D eigenvalue weighted by molar-refractivity contribution is 0.732. The average Bonchev–Trinajstić information content (AvgIpc) is 2.16. The van der Waals surface area contributed by atoms with Crippen LogP contribution in [0.1, 0.15) is 25.8 Å². The van der Waals surface area contributed by atoms with E-state index in [1.165, 1.54) is 11.3 Å². The zero-order valence-electron chi connectivity index (χ0n) is 10.3. The molecule has 90 valence electrons. The SMILES string of the molecule is CCCN(C)c1ccc(Br)cc1CC(C)N. The van der Waals surface area contributed by atoms with E-state index in [4.69, 9.17) is 5.73 Å². The monoisotopic (exact) mass is 284 g/mol. The number of hydrogen-bond donors (Lipinski definition) is 1. The molecule has 1 rings (SSSR count). The van der Waals surface area contributed by atoms with Crippen molar-refractivity contribution < 1.29 is 0 Å². The molecule has 2 nitrogen and oxygen atoms in total. The van der Waals surface area contributed by atoms with Gasteiger partial charge in [-0.3, -0.25) is 0 Å². The average molecular weight is 285 g/mol. The van der Waals surface area contributed by atoms with E-state index in [9.17, 15) is 0 Å². The minimum Gasteiger partial charge on any atom is -0.374 e. The van der Waals surface area contributed by atoms with E-state index >= 15 is 0 Å². The van der Waals surface area contributed by atoms with Crippen LogP contribution in [0.5, 0.6) is 0 Å². The van der Waals surface area contributed by atoms with E-state index in [1.807, 2.05) is 6.92 Å². The number of benzene rings is 1.